The van der Waals surface area contributed by atoms with Crippen LogP contribution < -0.4 is 5.43 Å². The lowest BCUT2D eigenvalue weighted by Gasteiger charge is -2.27. The van der Waals surface area contributed by atoms with Crippen molar-refractivity contribution in [3.05, 3.63) is 29.8 Å². The molecule has 88 valence electrons. The van der Waals surface area contributed by atoms with Gasteiger partial charge in [-0.05, 0) is 36.8 Å². The summed E-state index contributed by atoms with van der Waals surface area (Å²) in [5.74, 6) is 0. The minimum atomic E-state index is 0.953. The third-order valence-electron chi connectivity index (χ3n) is 3.02. The van der Waals surface area contributed by atoms with Crippen LogP contribution >= 0.6 is 11.8 Å². The molecular formula is C13H20N2S. The number of hydrogen-bond acceptors (Lipinski definition) is 3. The van der Waals surface area contributed by atoms with Crippen molar-refractivity contribution < 1.29 is 0 Å². The molecule has 0 aliphatic carbocycles. The maximum atomic E-state index is 3.50. The molecule has 0 saturated carbocycles. The highest BCUT2D eigenvalue weighted by Crippen LogP contribution is 2.15. The van der Waals surface area contributed by atoms with E-state index in [4.69, 9.17) is 0 Å². The van der Waals surface area contributed by atoms with Gasteiger partial charge in [0, 0.05) is 24.5 Å². The first-order chi connectivity index (χ1) is 7.88. The molecule has 0 aromatic heterocycles. The summed E-state index contributed by atoms with van der Waals surface area (Å²) in [7, 11) is 0. The highest BCUT2D eigenvalue weighted by molar-refractivity contribution is 7.98. The van der Waals surface area contributed by atoms with Crippen LogP contribution in [0.1, 0.15) is 24.8 Å². The monoisotopic (exact) mass is 236 g/mol. The van der Waals surface area contributed by atoms with E-state index >= 15 is 0 Å². The lowest BCUT2D eigenvalue weighted by Crippen LogP contribution is -2.41. The van der Waals surface area contributed by atoms with Crippen LogP contribution in [0.5, 0.6) is 0 Å². The number of thioether (sulfide) groups is 1. The number of rotatable bonds is 4. The first kappa shape index (κ1) is 12.0. The zero-order chi connectivity index (χ0) is 11.2. The van der Waals surface area contributed by atoms with Crippen molar-refractivity contribution in [2.45, 2.75) is 30.7 Å². The van der Waals surface area contributed by atoms with Crippen molar-refractivity contribution in [3.63, 3.8) is 0 Å². The molecule has 0 atom stereocenters. The molecule has 1 fully saturated rings. The summed E-state index contributed by atoms with van der Waals surface area (Å²) in [5, 5.41) is 2.35. The smallest absolute Gasteiger partial charge is 0.0353 e. The average molecular weight is 236 g/mol. The second-order valence-electron chi connectivity index (χ2n) is 4.23. The molecule has 3 heteroatoms. The molecule has 0 radical (unpaired) electrons. The van der Waals surface area contributed by atoms with E-state index in [9.17, 15) is 0 Å². The summed E-state index contributed by atoms with van der Waals surface area (Å²) < 4.78 is 0. The van der Waals surface area contributed by atoms with Crippen LogP contribution in [-0.2, 0) is 6.54 Å². The Labute approximate surface area is 102 Å². The first-order valence-corrected chi connectivity index (χ1v) is 7.22. The van der Waals surface area contributed by atoms with Gasteiger partial charge in [-0.2, -0.15) is 0 Å². The Morgan fingerprint density at radius 2 is 1.81 bits per heavy atom. The van der Waals surface area contributed by atoms with Gasteiger partial charge in [-0.25, -0.2) is 5.01 Å². The van der Waals surface area contributed by atoms with Crippen LogP contribution in [-0.4, -0.2) is 24.4 Å². The van der Waals surface area contributed by atoms with E-state index in [1.54, 1.807) is 11.8 Å². The number of nitrogens with one attached hydrogen (secondary N) is 1. The number of hydrazine groups is 1. The van der Waals surface area contributed by atoms with Crippen molar-refractivity contribution in [3.8, 4) is 0 Å². The predicted molar refractivity (Wildman–Crippen MR) is 70.5 cm³/mol. The molecule has 16 heavy (non-hydrogen) atoms. The molecule has 1 aliphatic rings. The molecule has 0 amide bonds. The summed E-state index contributed by atoms with van der Waals surface area (Å²) in [6, 6.07) is 8.81. The molecule has 1 aromatic carbocycles. The van der Waals surface area contributed by atoms with Gasteiger partial charge in [0.25, 0.3) is 0 Å². The Morgan fingerprint density at radius 1 is 1.12 bits per heavy atom. The molecule has 2 rings (SSSR count). The van der Waals surface area contributed by atoms with Gasteiger partial charge >= 0.3 is 0 Å². The van der Waals surface area contributed by atoms with E-state index in [2.05, 4.69) is 41.0 Å². The third kappa shape index (κ3) is 3.51. The van der Waals surface area contributed by atoms with E-state index in [1.807, 2.05) is 0 Å². The average Bonchev–Trinajstić information content (AvgIpc) is 2.38. The van der Waals surface area contributed by atoms with Crippen molar-refractivity contribution >= 4 is 11.8 Å². The van der Waals surface area contributed by atoms with Crippen LogP contribution in [0.2, 0.25) is 0 Å². The van der Waals surface area contributed by atoms with Gasteiger partial charge in [-0.15, -0.1) is 11.8 Å². The molecule has 0 spiro atoms. The lowest BCUT2D eigenvalue weighted by molar-refractivity contribution is 0.151. The molecule has 1 heterocycles. The standard InChI is InChI=1S/C13H20N2S/c1-16-13-7-5-12(6-8-13)11-14-15-9-3-2-4-10-15/h5-8,14H,2-4,9-11H2,1H3. The van der Waals surface area contributed by atoms with E-state index in [0.717, 1.165) is 6.54 Å². The van der Waals surface area contributed by atoms with E-state index in [0.29, 0.717) is 0 Å². The Kier molecular flexibility index (Phi) is 4.69. The Hall–Kier alpha value is -0.510. The molecule has 0 bridgehead atoms. The van der Waals surface area contributed by atoms with E-state index < -0.39 is 0 Å². The second-order valence-corrected chi connectivity index (χ2v) is 5.11. The maximum Gasteiger partial charge on any atom is 0.0353 e. The predicted octanol–water partition coefficient (Wildman–Crippen LogP) is 2.90. The number of nitrogens with zero attached hydrogens (tertiary/aromatic N) is 1. The summed E-state index contributed by atoms with van der Waals surface area (Å²) >= 11 is 1.79. The van der Waals surface area contributed by atoms with Gasteiger partial charge in [0.2, 0.25) is 0 Å². The summed E-state index contributed by atoms with van der Waals surface area (Å²) in [4.78, 5) is 1.33. The molecule has 2 nitrogen and oxygen atoms in total. The van der Waals surface area contributed by atoms with Gasteiger partial charge in [0.05, 0.1) is 0 Å². The molecule has 1 aromatic rings. The van der Waals surface area contributed by atoms with Gasteiger partial charge < -0.3 is 0 Å². The SMILES string of the molecule is CSc1ccc(CNN2CCCCC2)cc1. The van der Waals surface area contributed by atoms with E-state index in [1.165, 1.54) is 42.8 Å². The van der Waals surface area contributed by atoms with Gasteiger partial charge in [-0.1, -0.05) is 18.6 Å². The minimum absolute atomic E-state index is 0.953. The second kappa shape index (κ2) is 6.28. The van der Waals surface area contributed by atoms with Gasteiger partial charge in [0.1, 0.15) is 0 Å². The van der Waals surface area contributed by atoms with Crippen molar-refractivity contribution in [1.29, 1.82) is 0 Å². The summed E-state index contributed by atoms with van der Waals surface area (Å²) in [6.07, 6.45) is 6.17. The van der Waals surface area contributed by atoms with Crippen molar-refractivity contribution in [1.82, 2.24) is 10.4 Å². The first-order valence-electron chi connectivity index (χ1n) is 6.00. The zero-order valence-corrected chi connectivity index (χ0v) is 10.7. The number of benzene rings is 1. The number of hydrogen-bond donors (Lipinski definition) is 1. The maximum absolute atomic E-state index is 3.50. The van der Waals surface area contributed by atoms with Crippen LogP contribution in [0, 0.1) is 0 Å². The summed E-state index contributed by atoms with van der Waals surface area (Å²) in [6.45, 7) is 3.35. The Bertz CT molecular complexity index is 304. The van der Waals surface area contributed by atoms with Crippen LogP contribution in [0.3, 0.4) is 0 Å². The molecule has 1 N–H and O–H groups in total. The van der Waals surface area contributed by atoms with Gasteiger partial charge in [0.15, 0.2) is 0 Å². The zero-order valence-electron chi connectivity index (χ0n) is 9.91. The normalized spacial score (nSPS) is 17.6. The molecule has 1 aliphatic heterocycles. The fourth-order valence-electron chi connectivity index (χ4n) is 2.00. The molecule has 1 saturated heterocycles. The third-order valence-corrected chi connectivity index (χ3v) is 3.77. The Morgan fingerprint density at radius 3 is 2.44 bits per heavy atom. The Balaban J connectivity index is 1.79. The fraction of sp³-hybridized carbons (Fsp3) is 0.538. The van der Waals surface area contributed by atoms with E-state index in [-0.39, 0.29) is 0 Å². The highest BCUT2D eigenvalue weighted by atomic mass is 32.2. The minimum Gasteiger partial charge on any atom is -0.251 e. The fourth-order valence-corrected chi connectivity index (χ4v) is 2.41. The quantitative estimate of drug-likeness (QED) is 0.809. The van der Waals surface area contributed by atoms with Crippen LogP contribution in [0.15, 0.2) is 29.2 Å². The lowest BCUT2D eigenvalue weighted by atomic mass is 10.2. The van der Waals surface area contributed by atoms with Gasteiger partial charge in [-0.3, -0.25) is 5.43 Å². The molecule has 0 unspecified atom stereocenters. The van der Waals surface area contributed by atoms with Crippen molar-refractivity contribution in [2.24, 2.45) is 0 Å². The molecular weight excluding hydrogens is 216 g/mol. The topological polar surface area (TPSA) is 15.3 Å². The highest BCUT2D eigenvalue weighted by Gasteiger charge is 2.08. The largest absolute Gasteiger partial charge is 0.251 e. The van der Waals surface area contributed by atoms with Crippen LogP contribution in [0.25, 0.3) is 0 Å². The number of piperidine rings is 1. The van der Waals surface area contributed by atoms with Crippen molar-refractivity contribution in [2.75, 3.05) is 19.3 Å². The van der Waals surface area contributed by atoms with Crippen LogP contribution in [0.4, 0.5) is 0 Å². The summed E-state index contributed by atoms with van der Waals surface area (Å²) in [5.41, 5.74) is 4.87.